The highest BCUT2D eigenvalue weighted by atomic mass is 16.5. The van der Waals surface area contributed by atoms with Gasteiger partial charge < -0.3 is 19.3 Å². The molecule has 0 saturated heterocycles. The Morgan fingerprint density at radius 3 is 2.30 bits per heavy atom. The number of rotatable bonds is 6. The summed E-state index contributed by atoms with van der Waals surface area (Å²) in [5.41, 5.74) is 1.07. The second kappa shape index (κ2) is 7.65. The minimum absolute atomic E-state index is 0.00158. The van der Waals surface area contributed by atoms with Gasteiger partial charge in [0.1, 0.15) is 22.8 Å². The Bertz CT molecular complexity index is 662. The van der Waals surface area contributed by atoms with Gasteiger partial charge >= 0.3 is 5.97 Å². The van der Waals surface area contributed by atoms with E-state index in [0.29, 0.717) is 17.2 Å². The second-order valence-corrected chi connectivity index (χ2v) is 5.22. The predicted molar refractivity (Wildman–Crippen MR) is 86.0 cm³/mol. The Balaban J connectivity index is 2.30. The summed E-state index contributed by atoms with van der Waals surface area (Å²) >= 11 is 0. The third-order valence-electron chi connectivity index (χ3n) is 3.06. The SMILES string of the molecule is COC(=O)c1cc(OC(C)C)ccc1Oc1ccc(CO)cc1. The summed E-state index contributed by atoms with van der Waals surface area (Å²) in [6.07, 6.45) is -0.00158. The maximum absolute atomic E-state index is 12.0. The lowest BCUT2D eigenvalue weighted by atomic mass is 10.2. The molecule has 23 heavy (non-hydrogen) atoms. The third-order valence-corrected chi connectivity index (χ3v) is 3.06. The molecule has 0 saturated carbocycles. The first-order valence-electron chi connectivity index (χ1n) is 7.30. The molecule has 0 bridgehead atoms. The molecule has 0 heterocycles. The summed E-state index contributed by atoms with van der Waals surface area (Å²) in [6, 6.07) is 12.0. The van der Waals surface area contributed by atoms with Crippen molar-refractivity contribution in [1.29, 1.82) is 0 Å². The van der Waals surface area contributed by atoms with Crippen LogP contribution in [0.5, 0.6) is 17.2 Å². The topological polar surface area (TPSA) is 65.0 Å². The number of benzene rings is 2. The smallest absolute Gasteiger partial charge is 0.341 e. The van der Waals surface area contributed by atoms with Crippen molar-refractivity contribution < 1.29 is 24.1 Å². The first-order chi connectivity index (χ1) is 11.0. The van der Waals surface area contributed by atoms with Gasteiger partial charge in [-0.15, -0.1) is 0 Å². The average molecular weight is 316 g/mol. The zero-order valence-electron chi connectivity index (χ0n) is 13.4. The number of methoxy groups -OCH3 is 1. The molecule has 0 radical (unpaired) electrons. The van der Waals surface area contributed by atoms with E-state index in [9.17, 15) is 4.79 Å². The van der Waals surface area contributed by atoms with Gasteiger partial charge in [-0.05, 0) is 49.7 Å². The van der Waals surface area contributed by atoms with E-state index < -0.39 is 5.97 Å². The molecule has 0 aliphatic carbocycles. The van der Waals surface area contributed by atoms with Crippen LogP contribution in [0.1, 0.15) is 29.8 Å². The van der Waals surface area contributed by atoms with E-state index in [-0.39, 0.29) is 18.3 Å². The minimum atomic E-state index is -0.499. The highest BCUT2D eigenvalue weighted by Gasteiger charge is 2.16. The Morgan fingerprint density at radius 1 is 1.09 bits per heavy atom. The molecule has 0 amide bonds. The number of aliphatic hydroxyl groups excluding tert-OH is 1. The van der Waals surface area contributed by atoms with E-state index in [1.165, 1.54) is 7.11 Å². The van der Waals surface area contributed by atoms with Crippen molar-refractivity contribution in [2.75, 3.05) is 7.11 Å². The molecule has 0 aliphatic rings. The molecule has 122 valence electrons. The minimum Gasteiger partial charge on any atom is -0.491 e. The summed E-state index contributed by atoms with van der Waals surface area (Å²) in [5, 5.41) is 9.05. The number of hydrogen-bond acceptors (Lipinski definition) is 5. The van der Waals surface area contributed by atoms with E-state index in [2.05, 4.69) is 0 Å². The fourth-order valence-electron chi connectivity index (χ4n) is 2.00. The fraction of sp³-hybridized carbons (Fsp3) is 0.278. The Kier molecular flexibility index (Phi) is 5.60. The highest BCUT2D eigenvalue weighted by Crippen LogP contribution is 2.30. The third kappa shape index (κ3) is 4.47. The van der Waals surface area contributed by atoms with E-state index in [4.69, 9.17) is 19.3 Å². The number of carbonyl (C=O) groups excluding carboxylic acids is 1. The van der Waals surface area contributed by atoms with Gasteiger partial charge in [-0.1, -0.05) is 12.1 Å². The van der Waals surface area contributed by atoms with Crippen LogP contribution < -0.4 is 9.47 Å². The molecule has 5 heteroatoms. The van der Waals surface area contributed by atoms with Gasteiger partial charge in [0.25, 0.3) is 0 Å². The van der Waals surface area contributed by atoms with Crippen LogP contribution in [0.2, 0.25) is 0 Å². The molecule has 0 spiro atoms. The molecular weight excluding hydrogens is 296 g/mol. The number of esters is 1. The molecule has 2 aromatic carbocycles. The van der Waals surface area contributed by atoms with Crippen LogP contribution in [0.3, 0.4) is 0 Å². The normalized spacial score (nSPS) is 10.5. The molecule has 1 N–H and O–H groups in total. The van der Waals surface area contributed by atoms with E-state index in [0.717, 1.165) is 5.56 Å². The van der Waals surface area contributed by atoms with Gasteiger partial charge in [0.05, 0.1) is 19.8 Å². The van der Waals surface area contributed by atoms with Crippen molar-refractivity contribution >= 4 is 5.97 Å². The van der Waals surface area contributed by atoms with Crippen molar-refractivity contribution in [2.24, 2.45) is 0 Å². The summed E-state index contributed by atoms with van der Waals surface area (Å²) in [7, 11) is 1.32. The lowest BCUT2D eigenvalue weighted by molar-refractivity contribution is 0.0597. The number of aliphatic hydroxyl groups is 1. The van der Waals surface area contributed by atoms with Gasteiger partial charge in [0, 0.05) is 0 Å². The maximum Gasteiger partial charge on any atom is 0.341 e. The molecule has 0 aliphatic heterocycles. The zero-order valence-corrected chi connectivity index (χ0v) is 13.4. The lowest BCUT2D eigenvalue weighted by Gasteiger charge is -2.14. The molecule has 0 fully saturated rings. The first-order valence-corrected chi connectivity index (χ1v) is 7.30. The van der Waals surface area contributed by atoms with Crippen LogP contribution in [0.15, 0.2) is 42.5 Å². The first kappa shape index (κ1) is 16.8. The van der Waals surface area contributed by atoms with E-state index in [1.807, 2.05) is 13.8 Å². The van der Waals surface area contributed by atoms with Crippen molar-refractivity contribution in [3.05, 3.63) is 53.6 Å². The van der Waals surface area contributed by atoms with Gasteiger partial charge in [-0.2, -0.15) is 0 Å². The summed E-state index contributed by atoms with van der Waals surface area (Å²) in [4.78, 5) is 12.0. The Morgan fingerprint density at radius 2 is 1.74 bits per heavy atom. The van der Waals surface area contributed by atoms with Crippen molar-refractivity contribution in [1.82, 2.24) is 0 Å². The summed E-state index contributed by atoms with van der Waals surface area (Å²) < 4.78 is 16.2. The molecule has 5 nitrogen and oxygen atoms in total. The molecule has 0 aromatic heterocycles. The van der Waals surface area contributed by atoms with Gasteiger partial charge in [-0.3, -0.25) is 0 Å². The van der Waals surface area contributed by atoms with Crippen LogP contribution in [0, 0.1) is 0 Å². The average Bonchev–Trinajstić information content (AvgIpc) is 2.55. The Hall–Kier alpha value is -2.53. The quantitative estimate of drug-likeness (QED) is 0.826. The van der Waals surface area contributed by atoms with Crippen LogP contribution in [0.25, 0.3) is 0 Å². The fourth-order valence-corrected chi connectivity index (χ4v) is 2.00. The molecule has 2 rings (SSSR count). The van der Waals surface area contributed by atoms with Gasteiger partial charge in [0.15, 0.2) is 0 Å². The van der Waals surface area contributed by atoms with Crippen LogP contribution in [-0.2, 0) is 11.3 Å². The van der Waals surface area contributed by atoms with Crippen LogP contribution in [-0.4, -0.2) is 24.3 Å². The summed E-state index contributed by atoms with van der Waals surface area (Å²) in [5.74, 6) is 1.01. The number of hydrogen-bond donors (Lipinski definition) is 1. The van der Waals surface area contributed by atoms with E-state index in [1.54, 1.807) is 42.5 Å². The van der Waals surface area contributed by atoms with Gasteiger partial charge in [0.2, 0.25) is 0 Å². The maximum atomic E-state index is 12.0. The predicted octanol–water partition coefficient (Wildman–Crippen LogP) is 3.55. The highest BCUT2D eigenvalue weighted by molar-refractivity contribution is 5.93. The largest absolute Gasteiger partial charge is 0.491 e. The number of carbonyl (C=O) groups is 1. The molecule has 0 atom stereocenters. The van der Waals surface area contributed by atoms with Crippen molar-refractivity contribution in [2.45, 2.75) is 26.6 Å². The molecular formula is C18H20O5. The number of ether oxygens (including phenoxy) is 3. The zero-order chi connectivity index (χ0) is 16.8. The van der Waals surface area contributed by atoms with Crippen molar-refractivity contribution in [3.63, 3.8) is 0 Å². The van der Waals surface area contributed by atoms with Crippen LogP contribution in [0.4, 0.5) is 0 Å². The molecule has 0 unspecified atom stereocenters. The second-order valence-electron chi connectivity index (χ2n) is 5.22. The Labute approximate surface area is 135 Å². The van der Waals surface area contributed by atoms with E-state index >= 15 is 0 Å². The summed E-state index contributed by atoms with van der Waals surface area (Å²) in [6.45, 7) is 3.78. The standard InChI is InChI=1S/C18H20O5/c1-12(2)22-15-8-9-17(16(10-15)18(20)21-3)23-14-6-4-13(11-19)5-7-14/h4-10,12,19H,11H2,1-3H3. The van der Waals surface area contributed by atoms with Crippen molar-refractivity contribution in [3.8, 4) is 17.2 Å². The molecule has 2 aromatic rings. The van der Waals surface area contributed by atoms with Crippen LogP contribution >= 0.6 is 0 Å². The van der Waals surface area contributed by atoms with Gasteiger partial charge in [-0.25, -0.2) is 4.79 Å². The monoisotopic (exact) mass is 316 g/mol. The lowest BCUT2D eigenvalue weighted by Crippen LogP contribution is -2.08.